The van der Waals surface area contributed by atoms with Gasteiger partial charge in [-0.2, -0.15) is 5.10 Å². The first-order valence-electron chi connectivity index (χ1n) is 8.93. The third kappa shape index (κ3) is 3.35. The van der Waals surface area contributed by atoms with Crippen molar-refractivity contribution in [2.45, 2.75) is 6.42 Å². The molecule has 0 spiro atoms. The van der Waals surface area contributed by atoms with Gasteiger partial charge in [-0.3, -0.25) is 9.89 Å². The van der Waals surface area contributed by atoms with Crippen molar-refractivity contribution in [2.24, 2.45) is 0 Å². The number of ketones is 1. The molecule has 29 heavy (non-hydrogen) atoms. The standard InChI is InChI=1S/C22H19FN2O4/c1-27-15-4-5-16(18(23)10-15)19-9-14(24-25-19)7-13-6-12-8-20(28-2)21(29-3)11-17(12)22(13)26/h4-5,7-11H,6H2,1-3H3,(H,24,25). The second-order valence-electron chi connectivity index (χ2n) is 6.59. The van der Waals surface area contributed by atoms with E-state index < -0.39 is 5.82 Å². The molecule has 0 fully saturated rings. The van der Waals surface area contributed by atoms with Gasteiger partial charge in [0.15, 0.2) is 17.3 Å². The van der Waals surface area contributed by atoms with Gasteiger partial charge in [0.25, 0.3) is 0 Å². The Bertz CT molecular complexity index is 1130. The van der Waals surface area contributed by atoms with E-state index in [1.807, 2.05) is 6.07 Å². The summed E-state index contributed by atoms with van der Waals surface area (Å²) in [5.74, 6) is 1.02. The first-order valence-corrected chi connectivity index (χ1v) is 8.93. The van der Waals surface area contributed by atoms with Gasteiger partial charge >= 0.3 is 0 Å². The molecule has 1 heterocycles. The number of methoxy groups -OCH3 is 3. The molecule has 0 saturated carbocycles. The van der Waals surface area contributed by atoms with Gasteiger partial charge in [0, 0.05) is 29.2 Å². The van der Waals surface area contributed by atoms with Crippen LogP contribution in [0.5, 0.6) is 17.2 Å². The van der Waals surface area contributed by atoms with Crippen LogP contribution in [0.3, 0.4) is 0 Å². The highest BCUT2D eigenvalue weighted by molar-refractivity contribution is 6.15. The number of ether oxygens (including phenoxy) is 3. The van der Waals surface area contributed by atoms with E-state index in [4.69, 9.17) is 14.2 Å². The lowest BCUT2D eigenvalue weighted by Crippen LogP contribution is -1.97. The van der Waals surface area contributed by atoms with E-state index in [1.165, 1.54) is 20.3 Å². The summed E-state index contributed by atoms with van der Waals surface area (Å²) in [5.41, 5.74) is 3.49. The SMILES string of the molecule is COc1ccc(-c2cc(C=C3Cc4cc(OC)c(OC)cc4C3=O)[nH]n2)c(F)c1. The highest BCUT2D eigenvalue weighted by Crippen LogP contribution is 2.37. The molecule has 0 aliphatic heterocycles. The van der Waals surface area contributed by atoms with Crippen molar-refractivity contribution in [1.29, 1.82) is 0 Å². The van der Waals surface area contributed by atoms with Crippen LogP contribution in [0.1, 0.15) is 21.6 Å². The van der Waals surface area contributed by atoms with Gasteiger partial charge in [0.2, 0.25) is 0 Å². The molecule has 2 aromatic carbocycles. The molecule has 148 valence electrons. The molecule has 1 N–H and O–H groups in total. The molecule has 0 radical (unpaired) electrons. The van der Waals surface area contributed by atoms with Crippen LogP contribution in [-0.2, 0) is 6.42 Å². The Kier molecular flexibility index (Phi) is 4.80. The van der Waals surface area contributed by atoms with Gasteiger partial charge < -0.3 is 14.2 Å². The van der Waals surface area contributed by atoms with Crippen LogP contribution in [0.15, 0.2) is 42.0 Å². The fourth-order valence-electron chi connectivity index (χ4n) is 3.42. The summed E-state index contributed by atoms with van der Waals surface area (Å²) >= 11 is 0. The Balaban J connectivity index is 1.63. The molecule has 6 nitrogen and oxygen atoms in total. The van der Waals surface area contributed by atoms with Gasteiger partial charge in [-0.25, -0.2) is 4.39 Å². The molecule has 4 rings (SSSR count). The summed E-state index contributed by atoms with van der Waals surface area (Å²) in [5, 5.41) is 7.03. The van der Waals surface area contributed by atoms with Crippen molar-refractivity contribution in [1.82, 2.24) is 10.2 Å². The highest BCUT2D eigenvalue weighted by Gasteiger charge is 2.27. The van der Waals surface area contributed by atoms with Crippen LogP contribution in [0.25, 0.3) is 17.3 Å². The third-order valence-corrected chi connectivity index (χ3v) is 4.91. The molecule has 0 saturated heterocycles. The van der Waals surface area contributed by atoms with E-state index in [9.17, 15) is 9.18 Å². The summed E-state index contributed by atoms with van der Waals surface area (Å²) in [6.45, 7) is 0. The van der Waals surface area contributed by atoms with Crippen molar-refractivity contribution in [3.63, 3.8) is 0 Å². The quantitative estimate of drug-likeness (QED) is 0.661. The lowest BCUT2D eigenvalue weighted by molar-refractivity contribution is 0.104. The Hall–Kier alpha value is -3.61. The number of benzene rings is 2. The number of nitrogens with one attached hydrogen (secondary N) is 1. The van der Waals surface area contributed by atoms with E-state index in [1.54, 1.807) is 37.5 Å². The van der Waals surface area contributed by atoms with Crippen molar-refractivity contribution in [3.8, 4) is 28.5 Å². The molecule has 0 unspecified atom stereocenters. The van der Waals surface area contributed by atoms with Gasteiger partial charge in [0.05, 0.1) is 32.7 Å². The van der Waals surface area contributed by atoms with E-state index >= 15 is 0 Å². The number of nitrogens with zero attached hydrogens (tertiary/aromatic N) is 1. The van der Waals surface area contributed by atoms with Crippen LogP contribution in [-0.4, -0.2) is 37.3 Å². The maximum absolute atomic E-state index is 14.3. The molecular weight excluding hydrogens is 375 g/mol. The number of Topliss-reactive ketones (excluding diaryl/α,β-unsaturated/α-hetero) is 1. The van der Waals surface area contributed by atoms with Gasteiger partial charge in [0.1, 0.15) is 11.6 Å². The summed E-state index contributed by atoms with van der Waals surface area (Å²) in [6.07, 6.45) is 2.21. The maximum Gasteiger partial charge on any atom is 0.189 e. The number of hydrogen-bond donors (Lipinski definition) is 1. The topological polar surface area (TPSA) is 73.4 Å². The monoisotopic (exact) mass is 394 g/mol. The highest BCUT2D eigenvalue weighted by atomic mass is 19.1. The first-order chi connectivity index (χ1) is 14.0. The Morgan fingerprint density at radius 1 is 1.00 bits per heavy atom. The van der Waals surface area contributed by atoms with Crippen LogP contribution in [0, 0.1) is 5.82 Å². The molecule has 0 atom stereocenters. The minimum atomic E-state index is -0.432. The number of halogens is 1. The van der Waals surface area contributed by atoms with Crippen LogP contribution in [0.2, 0.25) is 0 Å². The van der Waals surface area contributed by atoms with Crippen molar-refractivity contribution in [2.75, 3.05) is 21.3 Å². The lowest BCUT2D eigenvalue weighted by Gasteiger charge is -2.08. The average Bonchev–Trinajstić information content (AvgIpc) is 3.31. The summed E-state index contributed by atoms with van der Waals surface area (Å²) in [7, 11) is 4.57. The molecule has 7 heteroatoms. The molecule has 0 amide bonds. The van der Waals surface area contributed by atoms with E-state index in [-0.39, 0.29) is 5.78 Å². The number of carbonyl (C=O) groups excluding carboxylic acids is 1. The Morgan fingerprint density at radius 2 is 1.76 bits per heavy atom. The maximum atomic E-state index is 14.3. The molecule has 0 bridgehead atoms. The second kappa shape index (κ2) is 7.43. The van der Waals surface area contributed by atoms with E-state index in [0.29, 0.717) is 51.8 Å². The summed E-state index contributed by atoms with van der Waals surface area (Å²) < 4.78 is 29.9. The van der Waals surface area contributed by atoms with E-state index in [2.05, 4.69) is 10.2 Å². The Morgan fingerprint density at radius 3 is 2.45 bits per heavy atom. The summed E-state index contributed by atoms with van der Waals surface area (Å²) in [6, 6.07) is 9.80. The predicted octanol–water partition coefficient (Wildman–Crippen LogP) is 4.06. The number of allylic oxidation sites excluding steroid dienone is 1. The predicted molar refractivity (Wildman–Crippen MR) is 106 cm³/mol. The van der Waals surface area contributed by atoms with Crippen molar-refractivity contribution >= 4 is 11.9 Å². The largest absolute Gasteiger partial charge is 0.497 e. The normalized spacial score (nSPS) is 14.2. The number of H-pyrrole nitrogens is 1. The van der Waals surface area contributed by atoms with Crippen LogP contribution >= 0.6 is 0 Å². The smallest absolute Gasteiger partial charge is 0.189 e. The van der Waals surface area contributed by atoms with Gasteiger partial charge in [-0.1, -0.05) is 0 Å². The van der Waals surface area contributed by atoms with Crippen molar-refractivity contribution in [3.05, 3.63) is 64.6 Å². The van der Waals surface area contributed by atoms with Crippen LogP contribution < -0.4 is 14.2 Å². The molecule has 3 aromatic rings. The number of fused-ring (bicyclic) bond motifs is 1. The number of aromatic amines is 1. The summed E-state index contributed by atoms with van der Waals surface area (Å²) in [4.78, 5) is 12.8. The fourth-order valence-corrected chi connectivity index (χ4v) is 3.42. The Labute approximate surface area is 166 Å². The lowest BCUT2D eigenvalue weighted by atomic mass is 10.1. The number of aromatic nitrogens is 2. The molecule has 1 aliphatic carbocycles. The fraction of sp³-hybridized carbons (Fsp3) is 0.182. The van der Waals surface area contributed by atoms with Gasteiger partial charge in [-0.15, -0.1) is 0 Å². The van der Waals surface area contributed by atoms with E-state index in [0.717, 1.165) is 5.56 Å². The molecule has 1 aromatic heterocycles. The number of carbonyl (C=O) groups is 1. The minimum absolute atomic E-state index is 0.0762. The zero-order chi connectivity index (χ0) is 20.5. The zero-order valence-corrected chi connectivity index (χ0v) is 16.2. The first kappa shape index (κ1) is 18.7. The molecular formula is C22H19FN2O4. The van der Waals surface area contributed by atoms with Crippen LogP contribution in [0.4, 0.5) is 4.39 Å². The minimum Gasteiger partial charge on any atom is -0.497 e. The molecule has 1 aliphatic rings. The average molecular weight is 394 g/mol. The third-order valence-electron chi connectivity index (χ3n) is 4.91. The second-order valence-corrected chi connectivity index (χ2v) is 6.59. The number of hydrogen-bond acceptors (Lipinski definition) is 5. The number of rotatable bonds is 5. The zero-order valence-electron chi connectivity index (χ0n) is 16.2. The van der Waals surface area contributed by atoms with Crippen molar-refractivity contribution < 1.29 is 23.4 Å². The van der Waals surface area contributed by atoms with Gasteiger partial charge in [-0.05, 0) is 42.0 Å².